The van der Waals surface area contributed by atoms with Gasteiger partial charge in [0.05, 0.1) is 11.9 Å². The molecule has 120 valence electrons. The van der Waals surface area contributed by atoms with Crippen LogP contribution in [0.4, 0.5) is 5.69 Å². The normalized spacial score (nSPS) is 26.9. The summed E-state index contributed by atoms with van der Waals surface area (Å²) in [5.74, 6) is 1.11. The average molecular weight is 322 g/mol. The number of hydrogen-bond donors (Lipinski definition) is 1. The topological polar surface area (TPSA) is 66.5 Å². The van der Waals surface area contributed by atoms with Crippen molar-refractivity contribution in [3.63, 3.8) is 0 Å². The first-order chi connectivity index (χ1) is 10.4. The van der Waals surface area contributed by atoms with Crippen molar-refractivity contribution >= 4 is 21.6 Å². The van der Waals surface area contributed by atoms with Crippen molar-refractivity contribution in [2.75, 3.05) is 17.1 Å². The lowest BCUT2D eigenvalue weighted by Gasteiger charge is -2.26. The van der Waals surface area contributed by atoms with Crippen LogP contribution in [0.25, 0.3) is 0 Å². The van der Waals surface area contributed by atoms with Gasteiger partial charge in [-0.15, -0.1) is 0 Å². The number of rotatable bonds is 5. The Bertz CT molecular complexity index is 645. The smallest absolute Gasteiger partial charge is 0.241 e. The Morgan fingerprint density at radius 2 is 1.95 bits per heavy atom. The zero-order valence-corrected chi connectivity index (χ0v) is 13.6. The molecule has 5 nitrogen and oxygen atoms in total. The molecule has 22 heavy (non-hydrogen) atoms. The molecule has 0 saturated heterocycles. The molecule has 2 aliphatic rings. The summed E-state index contributed by atoms with van der Waals surface area (Å²) in [4.78, 5) is 12.3. The number of carbonyl (C=O) groups is 1. The molecular weight excluding hydrogens is 300 g/mol. The number of benzene rings is 1. The third-order valence-electron chi connectivity index (χ3n) is 4.82. The summed E-state index contributed by atoms with van der Waals surface area (Å²) in [6.45, 7) is -0.156. The molecule has 2 fully saturated rings. The Hall–Kier alpha value is -1.56. The Morgan fingerprint density at radius 3 is 2.50 bits per heavy atom. The molecule has 0 spiro atoms. The molecule has 0 aromatic heterocycles. The van der Waals surface area contributed by atoms with Gasteiger partial charge in [-0.3, -0.25) is 9.10 Å². The third-order valence-corrected chi connectivity index (χ3v) is 5.96. The molecular formula is C16H22N2O3S. The van der Waals surface area contributed by atoms with Gasteiger partial charge in [-0.05, 0) is 43.2 Å². The first-order valence-electron chi connectivity index (χ1n) is 7.75. The Balaban J connectivity index is 1.67. The molecule has 2 saturated carbocycles. The zero-order valence-electron chi connectivity index (χ0n) is 12.7. The number of sulfonamides is 1. The molecule has 0 heterocycles. The van der Waals surface area contributed by atoms with Crippen LogP contribution in [0.1, 0.15) is 25.7 Å². The van der Waals surface area contributed by atoms with Crippen LogP contribution in [-0.2, 0) is 14.8 Å². The van der Waals surface area contributed by atoms with E-state index in [0.29, 0.717) is 11.6 Å². The maximum absolute atomic E-state index is 12.3. The molecule has 0 aliphatic heterocycles. The van der Waals surface area contributed by atoms with Gasteiger partial charge in [0.25, 0.3) is 0 Å². The molecule has 0 unspecified atom stereocenters. The van der Waals surface area contributed by atoms with E-state index in [4.69, 9.17) is 0 Å². The van der Waals surface area contributed by atoms with Gasteiger partial charge >= 0.3 is 0 Å². The predicted molar refractivity (Wildman–Crippen MR) is 86.0 cm³/mol. The van der Waals surface area contributed by atoms with Crippen molar-refractivity contribution in [2.45, 2.75) is 31.7 Å². The highest BCUT2D eigenvalue weighted by molar-refractivity contribution is 7.92. The maximum Gasteiger partial charge on any atom is 0.241 e. The van der Waals surface area contributed by atoms with Crippen molar-refractivity contribution in [2.24, 2.45) is 11.8 Å². The van der Waals surface area contributed by atoms with Crippen LogP contribution in [-0.4, -0.2) is 33.2 Å². The highest BCUT2D eigenvalue weighted by Crippen LogP contribution is 2.44. The van der Waals surface area contributed by atoms with Gasteiger partial charge in [0.15, 0.2) is 0 Å². The largest absolute Gasteiger partial charge is 0.352 e. The number of carbonyl (C=O) groups excluding carboxylic acids is 1. The second-order valence-corrected chi connectivity index (χ2v) is 8.36. The van der Waals surface area contributed by atoms with Crippen LogP contribution in [0, 0.1) is 11.8 Å². The lowest BCUT2D eigenvalue weighted by Crippen LogP contribution is -2.45. The van der Waals surface area contributed by atoms with E-state index in [2.05, 4.69) is 5.32 Å². The van der Waals surface area contributed by atoms with Crippen molar-refractivity contribution < 1.29 is 13.2 Å². The number of fused-ring (bicyclic) bond motifs is 2. The van der Waals surface area contributed by atoms with Gasteiger partial charge in [-0.25, -0.2) is 8.42 Å². The fraction of sp³-hybridized carbons (Fsp3) is 0.562. The van der Waals surface area contributed by atoms with Crippen LogP contribution in [0.5, 0.6) is 0 Å². The highest BCUT2D eigenvalue weighted by atomic mass is 32.2. The van der Waals surface area contributed by atoms with E-state index in [1.807, 2.05) is 6.07 Å². The van der Waals surface area contributed by atoms with E-state index in [1.54, 1.807) is 24.3 Å². The molecule has 2 aliphatic carbocycles. The minimum Gasteiger partial charge on any atom is -0.352 e. The minimum atomic E-state index is -3.48. The predicted octanol–water partition coefficient (Wildman–Crippen LogP) is 1.76. The van der Waals surface area contributed by atoms with Crippen LogP contribution in [0.15, 0.2) is 30.3 Å². The summed E-state index contributed by atoms with van der Waals surface area (Å²) in [5.41, 5.74) is 0.521. The third kappa shape index (κ3) is 3.27. The van der Waals surface area contributed by atoms with Gasteiger partial charge in [0.1, 0.15) is 6.54 Å². The van der Waals surface area contributed by atoms with E-state index in [1.165, 1.54) is 19.3 Å². The lowest BCUT2D eigenvalue weighted by atomic mass is 9.95. The molecule has 1 aromatic carbocycles. The summed E-state index contributed by atoms with van der Waals surface area (Å²) in [7, 11) is -3.48. The molecule has 1 N–H and O–H groups in total. The SMILES string of the molecule is CS(=O)(=O)N(CC(=O)N[C@H]1C[C@H]2CC[C@H]1C2)c1ccccc1. The van der Waals surface area contributed by atoms with Gasteiger partial charge in [-0.1, -0.05) is 24.6 Å². The molecule has 6 heteroatoms. The van der Waals surface area contributed by atoms with E-state index < -0.39 is 10.0 Å². The molecule has 3 atom stereocenters. The molecule has 1 amide bonds. The highest BCUT2D eigenvalue weighted by Gasteiger charge is 2.40. The molecule has 3 rings (SSSR count). The van der Waals surface area contributed by atoms with Gasteiger partial charge in [0, 0.05) is 6.04 Å². The fourth-order valence-corrected chi connectivity index (χ4v) is 4.66. The Labute approximate surface area is 131 Å². The van der Waals surface area contributed by atoms with E-state index in [0.717, 1.165) is 22.9 Å². The van der Waals surface area contributed by atoms with Crippen LogP contribution in [0.2, 0.25) is 0 Å². The Morgan fingerprint density at radius 1 is 1.23 bits per heavy atom. The van der Waals surface area contributed by atoms with E-state index in [9.17, 15) is 13.2 Å². The first-order valence-corrected chi connectivity index (χ1v) is 9.60. The molecule has 2 bridgehead atoms. The first kappa shape index (κ1) is 15.3. The summed E-state index contributed by atoms with van der Waals surface area (Å²) in [6.07, 6.45) is 5.84. The van der Waals surface area contributed by atoms with E-state index >= 15 is 0 Å². The molecule has 0 radical (unpaired) electrons. The van der Waals surface area contributed by atoms with Crippen LogP contribution in [0.3, 0.4) is 0 Å². The average Bonchev–Trinajstić information content (AvgIpc) is 3.07. The number of nitrogens with zero attached hydrogens (tertiary/aromatic N) is 1. The maximum atomic E-state index is 12.3. The van der Waals surface area contributed by atoms with Gasteiger partial charge in [-0.2, -0.15) is 0 Å². The number of hydrogen-bond acceptors (Lipinski definition) is 3. The zero-order chi connectivity index (χ0) is 15.7. The second-order valence-electron chi connectivity index (χ2n) is 6.45. The van der Waals surface area contributed by atoms with Crippen LogP contribution < -0.4 is 9.62 Å². The second kappa shape index (κ2) is 5.91. The number of anilines is 1. The standard InChI is InChI=1S/C16H22N2O3S/c1-22(20,21)18(14-5-3-2-4-6-14)11-16(19)17-15-10-12-7-8-13(15)9-12/h2-6,12-13,15H,7-11H2,1H3,(H,17,19)/t12-,13-,15-/m0/s1. The van der Waals surface area contributed by atoms with Gasteiger partial charge < -0.3 is 5.32 Å². The summed E-state index contributed by atoms with van der Waals surface area (Å²) < 4.78 is 25.1. The van der Waals surface area contributed by atoms with Gasteiger partial charge in [0.2, 0.25) is 15.9 Å². The number of amides is 1. The van der Waals surface area contributed by atoms with Crippen molar-refractivity contribution in [1.29, 1.82) is 0 Å². The lowest BCUT2D eigenvalue weighted by molar-refractivity contribution is -0.120. The summed E-state index contributed by atoms with van der Waals surface area (Å²) in [6, 6.07) is 8.98. The monoisotopic (exact) mass is 322 g/mol. The minimum absolute atomic E-state index is 0.156. The summed E-state index contributed by atoms with van der Waals surface area (Å²) in [5, 5.41) is 3.04. The number of para-hydroxylation sites is 1. The quantitative estimate of drug-likeness (QED) is 0.898. The fourth-order valence-electron chi connectivity index (χ4n) is 3.80. The Kier molecular flexibility index (Phi) is 4.12. The molecule has 1 aromatic rings. The van der Waals surface area contributed by atoms with E-state index in [-0.39, 0.29) is 18.5 Å². The van der Waals surface area contributed by atoms with Crippen LogP contribution >= 0.6 is 0 Å². The van der Waals surface area contributed by atoms with Crippen molar-refractivity contribution in [1.82, 2.24) is 5.32 Å². The summed E-state index contributed by atoms with van der Waals surface area (Å²) >= 11 is 0. The van der Waals surface area contributed by atoms with Crippen molar-refractivity contribution in [3.8, 4) is 0 Å². The van der Waals surface area contributed by atoms with Crippen molar-refractivity contribution in [3.05, 3.63) is 30.3 Å². The number of nitrogens with one attached hydrogen (secondary N) is 1.